The van der Waals surface area contributed by atoms with Gasteiger partial charge in [0.25, 0.3) is 0 Å². The fourth-order valence-corrected chi connectivity index (χ4v) is 1.41. The number of nitrogens with one attached hydrogen (secondary N) is 1. The van der Waals surface area contributed by atoms with E-state index in [4.69, 9.17) is 0 Å². The Morgan fingerprint density at radius 2 is 1.69 bits per heavy atom. The Balaban J connectivity index is 2.63. The van der Waals surface area contributed by atoms with E-state index in [1.165, 1.54) is 5.71 Å². The third-order valence-electron chi connectivity index (χ3n) is 2.66. The summed E-state index contributed by atoms with van der Waals surface area (Å²) in [5.41, 5.74) is 5.06. The summed E-state index contributed by atoms with van der Waals surface area (Å²) in [6, 6.07) is 0.502. The van der Waals surface area contributed by atoms with E-state index in [0.717, 1.165) is 6.42 Å². The molecular weight excluding hydrogens is 160 g/mol. The number of hydrogen-bond acceptors (Lipinski definition) is 2. The van der Waals surface area contributed by atoms with Crippen molar-refractivity contribution in [3.8, 4) is 0 Å². The molecule has 1 atom stereocenters. The predicted octanol–water partition coefficient (Wildman–Crippen LogP) is 2.80. The molecule has 76 valence electrons. The van der Waals surface area contributed by atoms with Gasteiger partial charge < -0.3 is 5.43 Å². The lowest BCUT2D eigenvalue weighted by Crippen LogP contribution is -2.35. The Morgan fingerprint density at radius 1 is 1.15 bits per heavy atom. The maximum Gasteiger partial charge on any atom is 0.0541 e. The third-order valence-corrected chi connectivity index (χ3v) is 2.66. The Morgan fingerprint density at radius 3 is 1.92 bits per heavy atom. The van der Waals surface area contributed by atoms with Crippen LogP contribution in [-0.2, 0) is 0 Å². The summed E-state index contributed by atoms with van der Waals surface area (Å²) >= 11 is 0. The molecule has 0 saturated heterocycles. The van der Waals surface area contributed by atoms with Crippen LogP contribution in [0.4, 0.5) is 0 Å². The summed E-state index contributed by atoms with van der Waals surface area (Å²) < 4.78 is 0. The molecule has 0 spiro atoms. The van der Waals surface area contributed by atoms with Crippen molar-refractivity contribution >= 4 is 5.71 Å². The van der Waals surface area contributed by atoms with Gasteiger partial charge in [-0.3, -0.25) is 0 Å². The standard InChI is InChI=1S/C11H22N2/c1-10(2,3)8-7-9(13-12-8)11(4,5)6/h8,12H,7H2,1-6H3. The van der Waals surface area contributed by atoms with Crippen molar-refractivity contribution in [2.75, 3.05) is 0 Å². The van der Waals surface area contributed by atoms with Gasteiger partial charge >= 0.3 is 0 Å². The monoisotopic (exact) mass is 182 g/mol. The zero-order valence-electron chi connectivity index (χ0n) is 9.73. The highest BCUT2D eigenvalue weighted by molar-refractivity contribution is 5.90. The quantitative estimate of drug-likeness (QED) is 0.612. The van der Waals surface area contributed by atoms with Crippen molar-refractivity contribution in [3.63, 3.8) is 0 Å². The second-order valence-corrected chi connectivity index (χ2v) is 6.06. The molecular formula is C11H22N2. The topological polar surface area (TPSA) is 24.4 Å². The van der Waals surface area contributed by atoms with Gasteiger partial charge in [0.1, 0.15) is 0 Å². The highest BCUT2D eigenvalue weighted by atomic mass is 15.3. The van der Waals surface area contributed by atoms with Crippen molar-refractivity contribution in [1.29, 1.82) is 0 Å². The summed E-state index contributed by atoms with van der Waals surface area (Å²) in [5, 5.41) is 4.42. The molecule has 1 N–H and O–H groups in total. The van der Waals surface area contributed by atoms with E-state index < -0.39 is 0 Å². The Bertz CT molecular complexity index is 215. The van der Waals surface area contributed by atoms with E-state index in [1.54, 1.807) is 0 Å². The van der Waals surface area contributed by atoms with E-state index >= 15 is 0 Å². The van der Waals surface area contributed by atoms with Crippen molar-refractivity contribution < 1.29 is 0 Å². The Kier molecular flexibility index (Phi) is 2.44. The maximum atomic E-state index is 4.42. The minimum atomic E-state index is 0.215. The fourth-order valence-electron chi connectivity index (χ4n) is 1.41. The zero-order chi connectivity index (χ0) is 10.3. The van der Waals surface area contributed by atoms with E-state index in [0.29, 0.717) is 11.5 Å². The lowest BCUT2D eigenvalue weighted by atomic mass is 9.80. The van der Waals surface area contributed by atoms with Crippen molar-refractivity contribution in [2.45, 2.75) is 54.0 Å². The molecule has 1 unspecified atom stereocenters. The van der Waals surface area contributed by atoms with Crippen LogP contribution in [0.3, 0.4) is 0 Å². The van der Waals surface area contributed by atoms with Gasteiger partial charge in [0, 0.05) is 17.5 Å². The molecule has 1 rings (SSSR count). The van der Waals surface area contributed by atoms with Gasteiger partial charge in [0.2, 0.25) is 0 Å². The summed E-state index contributed by atoms with van der Waals surface area (Å²) in [6.45, 7) is 13.4. The van der Waals surface area contributed by atoms with Crippen LogP contribution in [0.5, 0.6) is 0 Å². The number of hydrogen-bond donors (Lipinski definition) is 1. The van der Waals surface area contributed by atoms with Crippen LogP contribution in [0.1, 0.15) is 48.0 Å². The van der Waals surface area contributed by atoms with Crippen LogP contribution in [0, 0.1) is 10.8 Å². The van der Waals surface area contributed by atoms with Crippen molar-refractivity contribution in [2.24, 2.45) is 15.9 Å². The first-order valence-electron chi connectivity index (χ1n) is 5.04. The molecule has 13 heavy (non-hydrogen) atoms. The Labute approximate surface area is 81.8 Å². The largest absolute Gasteiger partial charge is 0.306 e. The van der Waals surface area contributed by atoms with Crippen LogP contribution in [0.2, 0.25) is 0 Å². The smallest absolute Gasteiger partial charge is 0.0541 e. The van der Waals surface area contributed by atoms with Crippen molar-refractivity contribution in [3.05, 3.63) is 0 Å². The highest BCUT2D eigenvalue weighted by Gasteiger charge is 2.33. The summed E-state index contributed by atoms with van der Waals surface area (Å²) in [7, 11) is 0. The highest BCUT2D eigenvalue weighted by Crippen LogP contribution is 2.30. The minimum Gasteiger partial charge on any atom is -0.306 e. The molecule has 0 aliphatic carbocycles. The van der Waals surface area contributed by atoms with E-state index in [2.05, 4.69) is 52.1 Å². The molecule has 2 nitrogen and oxygen atoms in total. The first kappa shape index (κ1) is 10.6. The van der Waals surface area contributed by atoms with Crippen molar-refractivity contribution in [1.82, 2.24) is 5.43 Å². The molecule has 0 saturated carbocycles. The SMILES string of the molecule is CC(C)(C)C1=NNC(C(C)(C)C)C1. The van der Waals surface area contributed by atoms with Gasteiger partial charge in [-0.1, -0.05) is 41.5 Å². The molecule has 0 amide bonds. The first-order valence-corrected chi connectivity index (χ1v) is 5.04. The maximum absolute atomic E-state index is 4.42. The van der Waals surface area contributed by atoms with Gasteiger partial charge in [-0.25, -0.2) is 0 Å². The first-order chi connectivity index (χ1) is 5.71. The van der Waals surface area contributed by atoms with E-state index in [-0.39, 0.29) is 5.41 Å². The van der Waals surface area contributed by atoms with Gasteiger partial charge in [-0.2, -0.15) is 5.10 Å². The molecule has 0 aromatic rings. The summed E-state index contributed by atoms with van der Waals surface area (Å²) in [4.78, 5) is 0. The van der Waals surface area contributed by atoms with Crippen LogP contribution in [0.25, 0.3) is 0 Å². The van der Waals surface area contributed by atoms with Crippen LogP contribution < -0.4 is 5.43 Å². The molecule has 0 bridgehead atoms. The molecule has 2 heteroatoms. The lowest BCUT2D eigenvalue weighted by Gasteiger charge is -2.27. The average molecular weight is 182 g/mol. The fraction of sp³-hybridized carbons (Fsp3) is 0.909. The summed E-state index contributed by atoms with van der Waals surface area (Å²) in [5.74, 6) is 0. The van der Waals surface area contributed by atoms with E-state index in [9.17, 15) is 0 Å². The predicted molar refractivity (Wildman–Crippen MR) is 57.9 cm³/mol. The molecule has 1 aliphatic heterocycles. The summed E-state index contributed by atoms with van der Waals surface area (Å²) in [6.07, 6.45) is 1.09. The molecule has 0 radical (unpaired) electrons. The lowest BCUT2D eigenvalue weighted by molar-refractivity contribution is 0.290. The van der Waals surface area contributed by atoms with Crippen LogP contribution in [0.15, 0.2) is 5.10 Å². The van der Waals surface area contributed by atoms with Gasteiger partial charge in [-0.15, -0.1) is 0 Å². The minimum absolute atomic E-state index is 0.215. The van der Waals surface area contributed by atoms with E-state index in [1.807, 2.05) is 0 Å². The zero-order valence-corrected chi connectivity index (χ0v) is 9.73. The molecule has 0 aromatic heterocycles. The molecule has 1 aliphatic rings. The van der Waals surface area contributed by atoms with Gasteiger partial charge in [-0.05, 0) is 5.41 Å². The number of rotatable bonds is 0. The van der Waals surface area contributed by atoms with Crippen LogP contribution >= 0.6 is 0 Å². The Hall–Kier alpha value is -0.530. The third kappa shape index (κ3) is 2.45. The van der Waals surface area contributed by atoms with Gasteiger partial charge in [0.05, 0.1) is 6.04 Å². The molecule has 0 fully saturated rings. The average Bonchev–Trinajstić information content (AvgIpc) is 2.28. The molecule has 0 aromatic carbocycles. The second kappa shape index (κ2) is 3.00. The van der Waals surface area contributed by atoms with Crippen LogP contribution in [-0.4, -0.2) is 11.8 Å². The van der Waals surface area contributed by atoms with Gasteiger partial charge in [0.15, 0.2) is 0 Å². The second-order valence-electron chi connectivity index (χ2n) is 6.06. The number of nitrogens with zero attached hydrogens (tertiary/aromatic N) is 1. The molecule has 1 heterocycles. The normalized spacial score (nSPS) is 24.2. The number of hydrazone groups is 1.